The number of nitrogens with one attached hydrogen (secondary N) is 2. The number of nitrogens with two attached hydrogens (primary N) is 3. The van der Waals surface area contributed by atoms with E-state index in [-0.39, 0.29) is 11.9 Å². The molecule has 8 nitrogen and oxygen atoms in total. The van der Waals surface area contributed by atoms with E-state index >= 15 is 0 Å². The molecule has 8 heteroatoms. The number of hydrogen-bond donors (Lipinski definition) is 5. The van der Waals surface area contributed by atoms with Gasteiger partial charge >= 0.3 is 0 Å². The second-order valence-electron chi connectivity index (χ2n) is 2.05. The van der Waals surface area contributed by atoms with Crippen molar-refractivity contribution in [1.82, 2.24) is 5.43 Å². The summed E-state index contributed by atoms with van der Waals surface area (Å²) in [5.74, 6) is -0.391. The van der Waals surface area contributed by atoms with Gasteiger partial charge in [-0.15, -0.1) is 5.10 Å². The van der Waals surface area contributed by atoms with Crippen LogP contribution in [0.15, 0.2) is 15.3 Å². The summed E-state index contributed by atoms with van der Waals surface area (Å²) >= 11 is 0. The molecule has 0 fully saturated rings. The fourth-order valence-corrected chi connectivity index (χ4v) is 0.358. The van der Waals surface area contributed by atoms with E-state index in [0.717, 1.165) is 0 Å². The minimum absolute atomic E-state index is 0.132. The highest BCUT2D eigenvalue weighted by atomic mass is 15.3. The molecule has 0 rings (SSSR count). The molecular weight excluding hydrogens is 172 g/mol. The van der Waals surface area contributed by atoms with Crippen LogP contribution in [-0.2, 0) is 0 Å². The second-order valence-corrected chi connectivity index (χ2v) is 2.05. The summed E-state index contributed by atoms with van der Waals surface area (Å²) in [7, 11) is 0. The summed E-state index contributed by atoms with van der Waals surface area (Å²) in [5, 5.41) is 17.2. The minimum Gasteiger partial charge on any atom is -0.369 e. The lowest BCUT2D eigenvalue weighted by Gasteiger charge is -1.92. The average molecular weight is 184 g/mol. The SMILES string of the molecule is CC(/C=N\NC(=N)N)=N\N=C(N)N. The van der Waals surface area contributed by atoms with E-state index in [4.69, 9.17) is 22.6 Å². The van der Waals surface area contributed by atoms with Crippen molar-refractivity contribution in [2.45, 2.75) is 6.92 Å². The Hall–Kier alpha value is -2.12. The summed E-state index contributed by atoms with van der Waals surface area (Å²) in [5.41, 5.74) is 17.7. The fourth-order valence-electron chi connectivity index (χ4n) is 0.358. The monoisotopic (exact) mass is 184 g/mol. The quantitative estimate of drug-likeness (QED) is 0.198. The van der Waals surface area contributed by atoms with Crippen LogP contribution in [0.1, 0.15) is 6.92 Å². The van der Waals surface area contributed by atoms with E-state index < -0.39 is 0 Å². The molecule has 0 bridgehead atoms. The molecule has 0 aliphatic rings. The highest BCUT2D eigenvalue weighted by Crippen LogP contribution is 1.74. The van der Waals surface area contributed by atoms with Crippen molar-refractivity contribution in [2.24, 2.45) is 32.5 Å². The average Bonchev–Trinajstić information content (AvgIpc) is 2.00. The van der Waals surface area contributed by atoms with Crippen molar-refractivity contribution in [2.75, 3.05) is 0 Å². The molecule has 0 heterocycles. The third-order valence-corrected chi connectivity index (χ3v) is 0.760. The van der Waals surface area contributed by atoms with E-state index in [1.165, 1.54) is 6.21 Å². The van der Waals surface area contributed by atoms with Gasteiger partial charge in [0, 0.05) is 0 Å². The van der Waals surface area contributed by atoms with Crippen molar-refractivity contribution in [1.29, 1.82) is 5.41 Å². The van der Waals surface area contributed by atoms with Crippen LogP contribution in [-0.4, -0.2) is 23.8 Å². The molecule has 0 saturated heterocycles. The van der Waals surface area contributed by atoms with Gasteiger partial charge in [0.05, 0.1) is 11.9 Å². The van der Waals surface area contributed by atoms with E-state index in [0.29, 0.717) is 5.71 Å². The summed E-state index contributed by atoms with van der Waals surface area (Å²) in [6, 6.07) is 0. The maximum absolute atomic E-state index is 6.75. The molecule has 0 unspecified atom stereocenters. The van der Waals surface area contributed by atoms with E-state index in [1.54, 1.807) is 6.92 Å². The normalized spacial score (nSPS) is 11.3. The molecule has 0 aromatic heterocycles. The molecule has 0 aromatic rings. The van der Waals surface area contributed by atoms with Crippen LogP contribution in [0.25, 0.3) is 0 Å². The van der Waals surface area contributed by atoms with Crippen LogP contribution < -0.4 is 22.6 Å². The molecular formula is C5H12N8. The standard InChI is InChI=1S/C5H12N8/c1-3(11-13-5(8)9)2-10-12-4(6)7/h2H,1H3,(H4,6,7,12)(H4,8,9,13)/b10-2-,11-3+. The summed E-state index contributed by atoms with van der Waals surface area (Å²) in [6.07, 6.45) is 1.33. The Bertz CT molecular complexity index is 258. The number of rotatable bonds is 3. The summed E-state index contributed by atoms with van der Waals surface area (Å²) in [4.78, 5) is 0. The van der Waals surface area contributed by atoms with Gasteiger partial charge in [-0.1, -0.05) is 0 Å². The molecule has 72 valence electrons. The Kier molecular flexibility index (Phi) is 4.62. The fraction of sp³-hybridized carbons (Fsp3) is 0.200. The lowest BCUT2D eigenvalue weighted by Crippen LogP contribution is -2.25. The van der Waals surface area contributed by atoms with Crippen LogP contribution in [0.3, 0.4) is 0 Å². The molecule has 0 radical (unpaired) electrons. The Labute approximate surface area is 75.1 Å². The summed E-state index contributed by atoms with van der Waals surface area (Å²) in [6.45, 7) is 1.64. The highest BCUT2D eigenvalue weighted by Gasteiger charge is 1.84. The molecule has 0 aliphatic carbocycles. The molecule has 0 aliphatic heterocycles. The largest absolute Gasteiger partial charge is 0.369 e. The van der Waals surface area contributed by atoms with Crippen LogP contribution in [0.5, 0.6) is 0 Å². The van der Waals surface area contributed by atoms with Gasteiger partial charge in [-0.3, -0.25) is 5.41 Å². The Morgan fingerprint density at radius 2 is 1.92 bits per heavy atom. The maximum atomic E-state index is 6.75. The molecule has 0 atom stereocenters. The van der Waals surface area contributed by atoms with Crippen molar-refractivity contribution in [3.63, 3.8) is 0 Å². The van der Waals surface area contributed by atoms with E-state index in [1.807, 2.05) is 0 Å². The van der Waals surface area contributed by atoms with Gasteiger partial charge in [0.25, 0.3) is 0 Å². The first-order valence-electron chi connectivity index (χ1n) is 3.28. The molecule has 8 N–H and O–H groups in total. The first-order chi connectivity index (χ1) is 6.02. The number of hydrazone groups is 1. The van der Waals surface area contributed by atoms with Crippen molar-refractivity contribution < 1.29 is 0 Å². The first-order valence-corrected chi connectivity index (χ1v) is 3.28. The van der Waals surface area contributed by atoms with Crippen molar-refractivity contribution >= 4 is 23.8 Å². The molecule has 0 aromatic carbocycles. The van der Waals surface area contributed by atoms with Gasteiger partial charge < -0.3 is 17.2 Å². The minimum atomic E-state index is -0.258. The zero-order valence-corrected chi connectivity index (χ0v) is 7.15. The predicted molar refractivity (Wildman–Crippen MR) is 52.5 cm³/mol. The third kappa shape index (κ3) is 7.78. The van der Waals surface area contributed by atoms with Crippen LogP contribution in [0, 0.1) is 5.41 Å². The van der Waals surface area contributed by atoms with Crippen molar-refractivity contribution in [3.05, 3.63) is 0 Å². The second kappa shape index (κ2) is 5.52. The van der Waals surface area contributed by atoms with Crippen LogP contribution in [0.4, 0.5) is 0 Å². The molecule has 0 saturated carbocycles. The first kappa shape index (κ1) is 10.9. The van der Waals surface area contributed by atoms with Gasteiger partial charge in [-0.25, -0.2) is 5.43 Å². The Balaban J connectivity index is 4.06. The van der Waals surface area contributed by atoms with Gasteiger partial charge in [0.1, 0.15) is 0 Å². The molecule has 0 spiro atoms. The van der Waals surface area contributed by atoms with Crippen molar-refractivity contribution in [3.8, 4) is 0 Å². The Morgan fingerprint density at radius 1 is 1.31 bits per heavy atom. The zero-order chi connectivity index (χ0) is 10.3. The van der Waals surface area contributed by atoms with Gasteiger partial charge in [0.2, 0.25) is 11.9 Å². The van der Waals surface area contributed by atoms with Gasteiger partial charge in [0.15, 0.2) is 0 Å². The van der Waals surface area contributed by atoms with E-state index in [2.05, 4.69) is 20.7 Å². The summed E-state index contributed by atoms with van der Waals surface area (Å²) < 4.78 is 0. The molecule has 0 amide bonds. The zero-order valence-electron chi connectivity index (χ0n) is 7.15. The van der Waals surface area contributed by atoms with Gasteiger partial charge in [-0.2, -0.15) is 10.2 Å². The number of guanidine groups is 2. The topological polar surface area (TPSA) is 151 Å². The highest BCUT2D eigenvalue weighted by molar-refractivity contribution is 6.29. The van der Waals surface area contributed by atoms with E-state index in [9.17, 15) is 0 Å². The number of hydrogen-bond acceptors (Lipinski definition) is 4. The van der Waals surface area contributed by atoms with Gasteiger partial charge in [-0.05, 0) is 6.92 Å². The Morgan fingerprint density at radius 3 is 2.38 bits per heavy atom. The number of nitrogens with zero attached hydrogens (tertiary/aromatic N) is 3. The third-order valence-electron chi connectivity index (χ3n) is 0.760. The maximum Gasteiger partial charge on any atom is 0.211 e. The lowest BCUT2D eigenvalue weighted by atomic mass is 10.5. The molecule has 13 heavy (non-hydrogen) atoms. The lowest BCUT2D eigenvalue weighted by molar-refractivity contribution is 1.00. The van der Waals surface area contributed by atoms with Crippen LogP contribution >= 0.6 is 0 Å². The van der Waals surface area contributed by atoms with Crippen LogP contribution in [0.2, 0.25) is 0 Å². The predicted octanol–water partition coefficient (Wildman–Crippen LogP) is -1.90. The smallest absolute Gasteiger partial charge is 0.211 e.